The summed E-state index contributed by atoms with van der Waals surface area (Å²) in [5.41, 5.74) is 1.67. The number of unbranched alkanes of at least 4 members (excludes halogenated alkanes) is 1. The molecule has 0 aliphatic heterocycles. The molecule has 0 saturated heterocycles. The van der Waals surface area contributed by atoms with Crippen LogP contribution in [0.4, 0.5) is 0 Å². The summed E-state index contributed by atoms with van der Waals surface area (Å²) in [6.45, 7) is 4.50. The van der Waals surface area contributed by atoms with Crippen molar-refractivity contribution < 1.29 is 4.79 Å². The molecule has 1 aromatic carbocycles. The minimum Gasteiger partial charge on any atom is -0.300 e. The normalized spacial score (nSPS) is 22.3. The molecule has 18 heavy (non-hydrogen) atoms. The molecule has 98 valence electrons. The lowest BCUT2D eigenvalue weighted by Crippen LogP contribution is -2.17. The van der Waals surface area contributed by atoms with Gasteiger partial charge >= 0.3 is 0 Å². The van der Waals surface area contributed by atoms with Crippen molar-refractivity contribution in [2.45, 2.75) is 52.4 Å². The molecule has 1 saturated carbocycles. The quantitative estimate of drug-likeness (QED) is 0.701. The number of rotatable bonds is 5. The zero-order valence-corrected chi connectivity index (χ0v) is 11.6. The van der Waals surface area contributed by atoms with Crippen LogP contribution >= 0.6 is 0 Å². The number of carbonyl (C=O) groups excluding carboxylic acids is 1. The van der Waals surface area contributed by atoms with Crippen molar-refractivity contribution in [2.75, 3.05) is 0 Å². The summed E-state index contributed by atoms with van der Waals surface area (Å²) >= 11 is 0. The van der Waals surface area contributed by atoms with Crippen molar-refractivity contribution >= 4 is 5.78 Å². The molecule has 2 rings (SSSR count). The molecule has 0 radical (unpaired) electrons. The topological polar surface area (TPSA) is 17.1 Å². The molecule has 0 heterocycles. The first-order valence-corrected chi connectivity index (χ1v) is 7.13. The molecule has 1 atom stereocenters. The Morgan fingerprint density at radius 1 is 1.17 bits per heavy atom. The van der Waals surface area contributed by atoms with Gasteiger partial charge in [0.15, 0.2) is 0 Å². The Bertz CT molecular complexity index is 391. The summed E-state index contributed by atoms with van der Waals surface area (Å²) in [5, 5.41) is 0. The van der Waals surface area contributed by atoms with Gasteiger partial charge in [-0.05, 0) is 36.2 Å². The lowest BCUT2D eigenvalue weighted by Gasteiger charge is -2.25. The number of Topliss-reactive ketones (excluding diaryl/α,β-unsaturated/α-hetero) is 1. The fourth-order valence-electron chi connectivity index (χ4n) is 3.13. The van der Waals surface area contributed by atoms with Gasteiger partial charge in [-0.1, -0.05) is 50.6 Å². The van der Waals surface area contributed by atoms with Crippen molar-refractivity contribution in [2.24, 2.45) is 11.3 Å². The van der Waals surface area contributed by atoms with Crippen LogP contribution in [-0.2, 0) is 11.2 Å². The molecule has 1 aromatic rings. The average molecular weight is 244 g/mol. The van der Waals surface area contributed by atoms with Gasteiger partial charge in [0.05, 0.1) is 0 Å². The van der Waals surface area contributed by atoms with E-state index in [9.17, 15) is 4.79 Å². The Morgan fingerprint density at radius 2 is 1.89 bits per heavy atom. The Hall–Kier alpha value is -1.11. The lowest BCUT2D eigenvalue weighted by atomic mass is 9.79. The molecule has 1 nitrogen and oxygen atoms in total. The summed E-state index contributed by atoms with van der Waals surface area (Å²) in [5.74, 6) is 1.08. The highest BCUT2D eigenvalue weighted by Crippen LogP contribution is 2.43. The van der Waals surface area contributed by atoms with Crippen LogP contribution in [0.2, 0.25) is 0 Å². The second kappa shape index (κ2) is 5.69. The summed E-state index contributed by atoms with van der Waals surface area (Å²) < 4.78 is 0. The first-order valence-electron chi connectivity index (χ1n) is 7.13. The van der Waals surface area contributed by atoms with Gasteiger partial charge in [0.2, 0.25) is 0 Å². The molecular formula is C17H24O. The van der Waals surface area contributed by atoms with E-state index < -0.39 is 0 Å². The molecular weight excluding hydrogens is 220 g/mol. The van der Waals surface area contributed by atoms with Gasteiger partial charge < -0.3 is 0 Å². The molecule has 0 amide bonds. The van der Waals surface area contributed by atoms with Crippen LogP contribution in [0.25, 0.3) is 0 Å². The average Bonchev–Trinajstić information content (AvgIpc) is 2.59. The van der Waals surface area contributed by atoms with Gasteiger partial charge in [0, 0.05) is 12.8 Å². The number of ketones is 1. The van der Waals surface area contributed by atoms with E-state index >= 15 is 0 Å². The minimum atomic E-state index is 0.240. The molecule has 1 aliphatic carbocycles. The predicted octanol–water partition coefficient (Wildman–Crippen LogP) is 4.40. The third-order valence-corrected chi connectivity index (χ3v) is 4.34. The summed E-state index contributed by atoms with van der Waals surface area (Å²) in [4.78, 5) is 11.5. The summed E-state index contributed by atoms with van der Waals surface area (Å²) in [6, 6.07) is 10.7. The van der Waals surface area contributed by atoms with Crippen molar-refractivity contribution in [3.8, 4) is 0 Å². The van der Waals surface area contributed by atoms with Gasteiger partial charge in [-0.25, -0.2) is 0 Å². The third kappa shape index (κ3) is 3.44. The number of hydrogen-bond acceptors (Lipinski definition) is 1. The highest BCUT2D eigenvalue weighted by atomic mass is 16.1. The van der Waals surface area contributed by atoms with E-state index in [0.29, 0.717) is 11.7 Å². The number of hydrogen-bond donors (Lipinski definition) is 0. The van der Waals surface area contributed by atoms with Gasteiger partial charge in [-0.2, -0.15) is 0 Å². The van der Waals surface area contributed by atoms with Crippen molar-refractivity contribution in [1.82, 2.24) is 0 Å². The van der Waals surface area contributed by atoms with Crippen LogP contribution in [-0.4, -0.2) is 5.78 Å². The fourth-order valence-corrected chi connectivity index (χ4v) is 3.13. The van der Waals surface area contributed by atoms with E-state index in [1.54, 1.807) is 0 Å². The largest absolute Gasteiger partial charge is 0.300 e. The maximum Gasteiger partial charge on any atom is 0.133 e. The predicted molar refractivity (Wildman–Crippen MR) is 75.5 cm³/mol. The van der Waals surface area contributed by atoms with Crippen molar-refractivity contribution in [1.29, 1.82) is 0 Å². The maximum absolute atomic E-state index is 11.5. The first-order chi connectivity index (χ1) is 8.58. The zero-order chi connectivity index (χ0) is 13.0. The molecule has 0 bridgehead atoms. The van der Waals surface area contributed by atoms with Crippen molar-refractivity contribution in [3.05, 3.63) is 35.9 Å². The Balaban J connectivity index is 1.71. The van der Waals surface area contributed by atoms with Crippen molar-refractivity contribution in [3.63, 3.8) is 0 Å². The molecule has 0 aromatic heterocycles. The van der Waals surface area contributed by atoms with Crippen LogP contribution < -0.4 is 0 Å². The first kappa shape index (κ1) is 13.3. The highest BCUT2D eigenvalue weighted by Gasteiger charge is 2.38. The Morgan fingerprint density at radius 3 is 2.50 bits per heavy atom. The van der Waals surface area contributed by atoms with Gasteiger partial charge in [-0.3, -0.25) is 4.79 Å². The van der Waals surface area contributed by atoms with Gasteiger partial charge in [0.1, 0.15) is 5.78 Å². The Kier molecular flexibility index (Phi) is 4.21. The monoisotopic (exact) mass is 244 g/mol. The lowest BCUT2D eigenvalue weighted by molar-refractivity contribution is -0.118. The third-order valence-electron chi connectivity index (χ3n) is 4.34. The molecule has 0 N–H and O–H groups in total. The molecule has 0 spiro atoms. The van der Waals surface area contributed by atoms with E-state index in [1.165, 1.54) is 31.2 Å². The number of benzene rings is 1. The second-order valence-corrected chi connectivity index (χ2v) is 6.34. The van der Waals surface area contributed by atoms with E-state index in [4.69, 9.17) is 0 Å². The molecule has 1 fully saturated rings. The summed E-state index contributed by atoms with van der Waals surface area (Å²) in [6.07, 6.45) is 6.48. The zero-order valence-electron chi connectivity index (χ0n) is 11.6. The number of carbonyl (C=O) groups is 1. The molecule has 1 aliphatic rings. The minimum absolute atomic E-state index is 0.240. The smallest absolute Gasteiger partial charge is 0.133 e. The molecule has 1 heteroatoms. The molecule has 0 unspecified atom stereocenters. The summed E-state index contributed by atoms with van der Waals surface area (Å²) in [7, 11) is 0. The number of aryl methyl sites for hydroxylation is 1. The van der Waals surface area contributed by atoms with E-state index in [0.717, 1.165) is 12.8 Å². The van der Waals surface area contributed by atoms with Crippen LogP contribution in [0.1, 0.15) is 51.5 Å². The van der Waals surface area contributed by atoms with E-state index in [2.05, 4.69) is 44.2 Å². The van der Waals surface area contributed by atoms with E-state index in [1.807, 2.05) is 0 Å². The van der Waals surface area contributed by atoms with Gasteiger partial charge in [0.25, 0.3) is 0 Å². The van der Waals surface area contributed by atoms with Crippen LogP contribution in [0.15, 0.2) is 30.3 Å². The van der Waals surface area contributed by atoms with Crippen LogP contribution in [0.3, 0.4) is 0 Å². The Labute approximate surface area is 111 Å². The second-order valence-electron chi connectivity index (χ2n) is 6.34. The fraction of sp³-hybridized carbons (Fsp3) is 0.588. The van der Waals surface area contributed by atoms with Gasteiger partial charge in [-0.15, -0.1) is 0 Å². The van der Waals surface area contributed by atoms with Crippen LogP contribution in [0, 0.1) is 11.3 Å². The van der Waals surface area contributed by atoms with E-state index in [-0.39, 0.29) is 5.41 Å². The standard InChI is InChI=1S/C17H24O/c1-17(2)13-16(18)12-15(17)11-7-6-10-14-8-4-3-5-9-14/h3-5,8-9,15H,6-7,10-13H2,1-2H3/t15-/m1/s1. The highest BCUT2D eigenvalue weighted by molar-refractivity contribution is 5.81. The SMILES string of the molecule is CC1(C)CC(=O)C[C@H]1CCCCc1ccccc1. The van der Waals surface area contributed by atoms with Crippen LogP contribution in [0.5, 0.6) is 0 Å². The maximum atomic E-state index is 11.5.